The average Bonchev–Trinajstić information content (AvgIpc) is 3.14. The second kappa shape index (κ2) is 6.45. The standard InChI is InChI=1S/C13H16ClF2NO/c14-10-3-1-9(2-4-10)12(18-8-13(15)16)7-17-11-5-6-11/h1-4,11-13,17H,5-8H2. The van der Waals surface area contributed by atoms with Gasteiger partial charge in [0.15, 0.2) is 0 Å². The summed E-state index contributed by atoms with van der Waals surface area (Å²) in [6.07, 6.45) is -0.484. The van der Waals surface area contributed by atoms with E-state index in [-0.39, 0.29) is 6.10 Å². The summed E-state index contributed by atoms with van der Waals surface area (Å²) >= 11 is 5.80. The highest BCUT2D eigenvalue weighted by Gasteiger charge is 2.23. The first-order valence-electron chi connectivity index (χ1n) is 6.04. The Bertz CT molecular complexity index is 362. The van der Waals surface area contributed by atoms with Crippen LogP contribution in [-0.4, -0.2) is 25.6 Å². The van der Waals surface area contributed by atoms with E-state index >= 15 is 0 Å². The fourth-order valence-corrected chi connectivity index (χ4v) is 1.83. The van der Waals surface area contributed by atoms with Crippen LogP contribution in [-0.2, 0) is 4.74 Å². The van der Waals surface area contributed by atoms with Gasteiger partial charge in [-0.15, -0.1) is 0 Å². The van der Waals surface area contributed by atoms with Gasteiger partial charge in [0.25, 0.3) is 6.43 Å². The van der Waals surface area contributed by atoms with Gasteiger partial charge < -0.3 is 10.1 Å². The van der Waals surface area contributed by atoms with Crippen molar-refractivity contribution in [2.75, 3.05) is 13.2 Å². The van der Waals surface area contributed by atoms with Crippen LogP contribution in [0.15, 0.2) is 24.3 Å². The van der Waals surface area contributed by atoms with Gasteiger partial charge in [-0.2, -0.15) is 0 Å². The highest BCUT2D eigenvalue weighted by Crippen LogP contribution is 2.23. The van der Waals surface area contributed by atoms with Gasteiger partial charge in [-0.1, -0.05) is 23.7 Å². The molecule has 0 spiro atoms. The molecular formula is C13H16ClF2NO. The molecule has 1 saturated carbocycles. The number of hydrogen-bond donors (Lipinski definition) is 1. The maximum absolute atomic E-state index is 12.2. The van der Waals surface area contributed by atoms with E-state index in [0.29, 0.717) is 17.6 Å². The van der Waals surface area contributed by atoms with Gasteiger partial charge in [0.05, 0.1) is 6.10 Å². The summed E-state index contributed by atoms with van der Waals surface area (Å²) in [5.74, 6) is 0. The zero-order valence-corrected chi connectivity index (χ0v) is 10.7. The van der Waals surface area contributed by atoms with Gasteiger partial charge in [-0.3, -0.25) is 0 Å². The fraction of sp³-hybridized carbons (Fsp3) is 0.538. The molecule has 18 heavy (non-hydrogen) atoms. The summed E-state index contributed by atoms with van der Waals surface area (Å²) in [6, 6.07) is 7.63. The van der Waals surface area contributed by atoms with Crippen LogP contribution in [0, 0.1) is 0 Å². The van der Waals surface area contributed by atoms with Crippen molar-refractivity contribution in [1.82, 2.24) is 5.32 Å². The molecule has 0 heterocycles. The Morgan fingerprint density at radius 2 is 1.94 bits per heavy atom. The van der Waals surface area contributed by atoms with E-state index in [2.05, 4.69) is 5.32 Å². The van der Waals surface area contributed by atoms with Crippen molar-refractivity contribution >= 4 is 11.6 Å². The molecule has 0 amide bonds. The van der Waals surface area contributed by atoms with Gasteiger partial charge in [0.1, 0.15) is 6.61 Å². The fourth-order valence-electron chi connectivity index (χ4n) is 1.70. The molecule has 0 saturated heterocycles. The summed E-state index contributed by atoms with van der Waals surface area (Å²) < 4.78 is 29.7. The maximum Gasteiger partial charge on any atom is 0.261 e. The van der Waals surface area contributed by atoms with Crippen LogP contribution >= 0.6 is 11.6 Å². The number of hydrogen-bond acceptors (Lipinski definition) is 2. The van der Waals surface area contributed by atoms with Crippen LogP contribution in [0.2, 0.25) is 5.02 Å². The molecule has 1 fully saturated rings. The highest BCUT2D eigenvalue weighted by molar-refractivity contribution is 6.30. The summed E-state index contributed by atoms with van der Waals surface area (Å²) in [5.41, 5.74) is 0.869. The first-order valence-corrected chi connectivity index (χ1v) is 6.41. The topological polar surface area (TPSA) is 21.3 Å². The van der Waals surface area contributed by atoms with Crippen LogP contribution in [0.25, 0.3) is 0 Å². The summed E-state index contributed by atoms with van der Waals surface area (Å²) in [7, 11) is 0. The van der Waals surface area contributed by atoms with Crippen molar-refractivity contribution in [3.8, 4) is 0 Å². The summed E-state index contributed by atoms with van der Waals surface area (Å²) in [6.45, 7) is 0.0126. The van der Waals surface area contributed by atoms with Gasteiger partial charge in [0.2, 0.25) is 0 Å². The number of nitrogens with one attached hydrogen (secondary N) is 1. The Labute approximate surface area is 110 Å². The molecule has 1 aliphatic rings. The number of ether oxygens (including phenoxy) is 1. The van der Waals surface area contributed by atoms with E-state index in [9.17, 15) is 8.78 Å². The van der Waals surface area contributed by atoms with E-state index in [4.69, 9.17) is 16.3 Å². The molecule has 1 unspecified atom stereocenters. The number of halogens is 3. The van der Waals surface area contributed by atoms with Crippen molar-refractivity contribution in [1.29, 1.82) is 0 Å². The smallest absolute Gasteiger partial charge is 0.261 e. The number of rotatable bonds is 7. The van der Waals surface area contributed by atoms with E-state index in [1.165, 1.54) is 0 Å². The normalized spacial score (nSPS) is 17.1. The molecule has 1 atom stereocenters. The van der Waals surface area contributed by atoms with Gasteiger partial charge in [0, 0.05) is 17.6 Å². The maximum atomic E-state index is 12.2. The predicted molar refractivity (Wildman–Crippen MR) is 67.2 cm³/mol. The minimum absolute atomic E-state index is 0.350. The molecule has 0 bridgehead atoms. The lowest BCUT2D eigenvalue weighted by atomic mass is 10.1. The van der Waals surface area contributed by atoms with Crippen molar-refractivity contribution in [3.63, 3.8) is 0 Å². The molecule has 0 radical (unpaired) electrons. The second-order valence-electron chi connectivity index (χ2n) is 4.45. The summed E-state index contributed by atoms with van der Waals surface area (Å²) in [5, 5.41) is 3.92. The Kier molecular flexibility index (Phi) is 4.92. The molecule has 1 N–H and O–H groups in total. The lowest BCUT2D eigenvalue weighted by Gasteiger charge is -2.19. The van der Waals surface area contributed by atoms with Crippen molar-refractivity contribution in [2.24, 2.45) is 0 Å². The molecule has 1 aliphatic carbocycles. The third-order valence-electron chi connectivity index (χ3n) is 2.83. The highest BCUT2D eigenvalue weighted by atomic mass is 35.5. The molecule has 1 aromatic rings. The monoisotopic (exact) mass is 275 g/mol. The lowest BCUT2D eigenvalue weighted by Crippen LogP contribution is -2.26. The van der Waals surface area contributed by atoms with Gasteiger partial charge in [-0.25, -0.2) is 8.78 Å². The molecule has 2 rings (SSSR count). The second-order valence-corrected chi connectivity index (χ2v) is 4.88. The first kappa shape index (κ1) is 13.7. The lowest BCUT2D eigenvalue weighted by molar-refractivity contribution is -0.0247. The quantitative estimate of drug-likeness (QED) is 0.823. The van der Waals surface area contributed by atoms with Crippen molar-refractivity contribution in [3.05, 3.63) is 34.9 Å². The Balaban J connectivity index is 1.94. The largest absolute Gasteiger partial charge is 0.366 e. The Morgan fingerprint density at radius 1 is 1.28 bits per heavy atom. The third-order valence-corrected chi connectivity index (χ3v) is 3.09. The van der Waals surface area contributed by atoms with Crippen LogP contribution < -0.4 is 5.32 Å². The van der Waals surface area contributed by atoms with E-state index in [1.54, 1.807) is 12.1 Å². The molecular weight excluding hydrogens is 260 g/mol. The predicted octanol–water partition coefficient (Wildman–Crippen LogP) is 3.41. The number of alkyl halides is 2. The van der Waals surface area contributed by atoms with E-state index in [0.717, 1.165) is 18.4 Å². The van der Waals surface area contributed by atoms with Crippen LogP contribution in [0.3, 0.4) is 0 Å². The zero-order valence-electron chi connectivity index (χ0n) is 9.91. The molecule has 0 aliphatic heterocycles. The molecule has 5 heteroatoms. The first-order chi connectivity index (χ1) is 8.65. The van der Waals surface area contributed by atoms with Gasteiger partial charge in [-0.05, 0) is 30.5 Å². The van der Waals surface area contributed by atoms with Crippen molar-refractivity contribution in [2.45, 2.75) is 31.4 Å². The number of benzene rings is 1. The third kappa shape index (κ3) is 4.52. The van der Waals surface area contributed by atoms with E-state index in [1.807, 2.05) is 12.1 Å². The molecule has 0 aromatic heterocycles. The van der Waals surface area contributed by atoms with E-state index < -0.39 is 13.0 Å². The zero-order chi connectivity index (χ0) is 13.0. The van der Waals surface area contributed by atoms with Crippen LogP contribution in [0.1, 0.15) is 24.5 Å². The Hall–Kier alpha value is -0.710. The Morgan fingerprint density at radius 3 is 2.50 bits per heavy atom. The van der Waals surface area contributed by atoms with Crippen molar-refractivity contribution < 1.29 is 13.5 Å². The molecule has 1 aromatic carbocycles. The minimum Gasteiger partial charge on any atom is -0.366 e. The minimum atomic E-state index is -2.44. The van der Waals surface area contributed by atoms with Crippen LogP contribution in [0.4, 0.5) is 8.78 Å². The average molecular weight is 276 g/mol. The molecule has 100 valence electrons. The van der Waals surface area contributed by atoms with Gasteiger partial charge >= 0.3 is 0 Å². The molecule has 2 nitrogen and oxygen atoms in total. The SMILES string of the molecule is FC(F)COC(CNC1CC1)c1ccc(Cl)cc1. The van der Waals surface area contributed by atoms with Crippen LogP contribution in [0.5, 0.6) is 0 Å². The summed E-state index contributed by atoms with van der Waals surface area (Å²) in [4.78, 5) is 0.